The van der Waals surface area contributed by atoms with E-state index in [-0.39, 0.29) is 0 Å². The molecule has 2 aliphatic rings. The Kier molecular flexibility index (Phi) is 2.61. The topological polar surface area (TPSA) is 32.3 Å². The van der Waals surface area contributed by atoms with Crippen LogP contribution in [0.4, 0.5) is 0 Å². The second-order valence-corrected chi connectivity index (χ2v) is 5.03. The van der Waals surface area contributed by atoms with Crippen molar-refractivity contribution in [2.75, 3.05) is 6.61 Å². The fourth-order valence-corrected chi connectivity index (χ4v) is 3.32. The second kappa shape index (κ2) is 3.58. The molecule has 0 aromatic rings. The largest absolute Gasteiger partial charge is 0.396 e. The van der Waals surface area contributed by atoms with Gasteiger partial charge in [-0.1, -0.05) is 13.8 Å². The van der Waals surface area contributed by atoms with Crippen molar-refractivity contribution in [3.05, 3.63) is 0 Å². The van der Waals surface area contributed by atoms with E-state index in [0.29, 0.717) is 24.6 Å². The third-order valence-electron chi connectivity index (χ3n) is 3.82. The van der Waals surface area contributed by atoms with Crippen LogP contribution in [0, 0.1) is 17.8 Å². The van der Waals surface area contributed by atoms with E-state index < -0.39 is 0 Å². The zero-order valence-corrected chi connectivity index (χ0v) is 8.66. The highest BCUT2D eigenvalue weighted by molar-refractivity contribution is 5.00. The van der Waals surface area contributed by atoms with Crippen LogP contribution in [-0.4, -0.2) is 23.8 Å². The van der Waals surface area contributed by atoms with Crippen LogP contribution < -0.4 is 5.32 Å². The van der Waals surface area contributed by atoms with Gasteiger partial charge in [0.25, 0.3) is 0 Å². The molecule has 4 atom stereocenters. The zero-order chi connectivity index (χ0) is 9.42. The van der Waals surface area contributed by atoms with Crippen molar-refractivity contribution in [1.29, 1.82) is 0 Å². The van der Waals surface area contributed by atoms with Crippen LogP contribution in [0.25, 0.3) is 0 Å². The van der Waals surface area contributed by atoms with Crippen LogP contribution in [0.1, 0.15) is 33.1 Å². The summed E-state index contributed by atoms with van der Waals surface area (Å²) >= 11 is 0. The van der Waals surface area contributed by atoms with Gasteiger partial charge in [0.1, 0.15) is 0 Å². The average molecular weight is 183 g/mol. The van der Waals surface area contributed by atoms with E-state index in [1.165, 1.54) is 19.3 Å². The Morgan fingerprint density at radius 3 is 2.62 bits per heavy atom. The molecule has 2 aliphatic carbocycles. The normalized spacial score (nSPS) is 43.4. The van der Waals surface area contributed by atoms with Crippen LogP contribution in [0.15, 0.2) is 0 Å². The van der Waals surface area contributed by atoms with Gasteiger partial charge in [0.05, 0.1) is 0 Å². The van der Waals surface area contributed by atoms with Gasteiger partial charge in [-0.15, -0.1) is 0 Å². The first-order chi connectivity index (χ1) is 6.22. The predicted octanol–water partition coefficient (Wildman–Crippen LogP) is 1.39. The summed E-state index contributed by atoms with van der Waals surface area (Å²) in [6.07, 6.45) is 4.09. The summed E-state index contributed by atoms with van der Waals surface area (Å²) in [5, 5.41) is 12.9. The third-order valence-corrected chi connectivity index (χ3v) is 3.82. The lowest BCUT2D eigenvalue weighted by atomic mass is 9.84. The van der Waals surface area contributed by atoms with Crippen molar-refractivity contribution in [3.8, 4) is 0 Å². The number of hydrogen-bond donors (Lipinski definition) is 2. The van der Waals surface area contributed by atoms with Crippen molar-refractivity contribution in [2.24, 2.45) is 17.8 Å². The summed E-state index contributed by atoms with van der Waals surface area (Å²) in [6, 6.07) is 1.15. The van der Waals surface area contributed by atoms with Crippen molar-refractivity contribution >= 4 is 0 Å². The van der Waals surface area contributed by atoms with Gasteiger partial charge in [-0.3, -0.25) is 0 Å². The minimum Gasteiger partial charge on any atom is -0.396 e. The molecule has 2 saturated carbocycles. The number of aliphatic hydroxyl groups is 1. The Morgan fingerprint density at radius 1 is 1.31 bits per heavy atom. The maximum Gasteiger partial charge on any atom is 0.0476 e. The standard InChI is InChI=1S/C11H21NO/c1-7(2)12-11-9-4-3-8(5-9)10(11)6-13/h7-13H,3-6H2,1-2H3. The molecular formula is C11H21NO. The molecule has 0 aromatic heterocycles. The number of nitrogens with one attached hydrogen (secondary N) is 1. The predicted molar refractivity (Wildman–Crippen MR) is 53.5 cm³/mol. The number of hydrogen-bond acceptors (Lipinski definition) is 2. The lowest BCUT2D eigenvalue weighted by molar-refractivity contribution is 0.139. The molecule has 0 spiro atoms. The molecule has 2 N–H and O–H groups in total. The first-order valence-corrected chi connectivity index (χ1v) is 5.59. The van der Waals surface area contributed by atoms with Gasteiger partial charge < -0.3 is 10.4 Å². The average Bonchev–Trinajstić information content (AvgIpc) is 2.62. The van der Waals surface area contributed by atoms with Gasteiger partial charge in [-0.25, -0.2) is 0 Å². The summed E-state index contributed by atoms with van der Waals surface area (Å²) in [5.41, 5.74) is 0. The number of rotatable bonds is 3. The first kappa shape index (κ1) is 9.47. The highest BCUT2D eigenvalue weighted by Gasteiger charge is 2.46. The first-order valence-electron chi connectivity index (χ1n) is 5.59. The van der Waals surface area contributed by atoms with Crippen LogP contribution in [-0.2, 0) is 0 Å². The minimum absolute atomic E-state index is 0.381. The van der Waals surface area contributed by atoms with E-state index in [0.717, 1.165) is 11.8 Å². The maximum absolute atomic E-state index is 9.33. The smallest absolute Gasteiger partial charge is 0.0476 e. The van der Waals surface area contributed by atoms with Gasteiger partial charge >= 0.3 is 0 Å². The van der Waals surface area contributed by atoms with E-state index in [2.05, 4.69) is 19.2 Å². The number of fused-ring (bicyclic) bond motifs is 2. The SMILES string of the molecule is CC(C)NC1C2CCC(C2)C1CO. The summed E-state index contributed by atoms with van der Waals surface area (Å²) in [6.45, 7) is 4.77. The third kappa shape index (κ3) is 1.62. The molecule has 0 heterocycles. The van der Waals surface area contributed by atoms with E-state index in [1.807, 2.05) is 0 Å². The van der Waals surface area contributed by atoms with Crippen LogP contribution >= 0.6 is 0 Å². The summed E-state index contributed by atoms with van der Waals surface area (Å²) < 4.78 is 0. The monoisotopic (exact) mass is 183 g/mol. The Morgan fingerprint density at radius 2 is 2.00 bits per heavy atom. The van der Waals surface area contributed by atoms with E-state index in [9.17, 15) is 5.11 Å². The lowest BCUT2D eigenvalue weighted by Gasteiger charge is -2.32. The van der Waals surface area contributed by atoms with E-state index in [1.54, 1.807) is 0 Å². The highest BCUT2D eigenvalue weighted by atomic mass is 16.3. The molecular weight excluding hydrogens is 162 g/mol. The Bertz CT molecular complexity index is 181. The van der Waals surface area contributed by atoms with Crippen molar-refractivity contribution in [2.45, 2.75) is 45.2 Å². The highest BCUT2D eigenvalue weighted by Crippen LogP contribution is 2.48. The molecule has 4 unspecified atom stereocenters. The van der Waals surface area contributed by atoms with Gasteiger partial charge in [-0.05, 0) is 31.1 Å². The molecule has 76 valence electrons. The molecule has 2 rings (SSSR count). The van der Waals surface area contributed by atoms with Gasteiger partial charge in [0.15, 0.2) is 0 Å². The second-order valence-electron chi connectivity index (χ2n) is 5.03. The van der Waals surface area contributed by atoms with E-state index >= 15 is 0 Å². The van der Waals surface area contributed by atoms with Crippen LogP contribution in [0.3, 0.4) is 0 Å². The zero-order valence-electron chi connectivity index (χ0n) is 8.66. The van der Waals surface area contributed by atoms with Gasteiger partial charge in [-0.2, -0.15) is 0 Å². The molecule has 0 radical (unpaired) electrons. The fraction of sp³-hybridized carbons (Fsp3) is 1.00. The summed E-state index contributed by atoms with van der Waals surface area (Å²) in [7, 11) is 0. The van der Waals surface area contributed by atoms with Crippen molar-refractivity contribution in [3.63, 3.8) is 0 Å². The lowest BCUT2D eigenvalue weighted by Crippen LogP contribution is -2.45. The van der Waals surface area contributed by atoms with Gasteiger partial charge in [0.2, 0.25) is 0 Å². The Labute approximate surface area is 80.7 Å². The molecule has 13 heavy (non-hydrogen) atoms. The van der Waals surface area contributed by atoms with Crippen LogP contribution in [0.5, 0.6) is 0 Å². The van der Waals surface area contributed by atoms with Crippen molar-refractivity contribution in [1.82, 2.24) is 5.32 Å². The molecule has 2 nitrogen and oxygen atoms in total. The van der Waals surface area contributed by atoms with Gasteiger partial charge in [0, 0.05) is 24.6 Å². The summed E-state index contributed by atoms with van der Waals surface area (Å²) in [4.78, 5) is 0. The summed E-state index contributed by atoms with van der Waals surface area (Å²) in [5.74, 6) is 2.21. The molecule has 0 saturated heterocycles. The van der Waals surface area contributed by atoms with Crippen molar-refractivity contribution < 1.29 is 5.11 Å². The molecule has 0 aliphatic heterocycles. The van der Waals surface area contributed by atoms with E-state index in [4.69, 9.17) is 0 Å². The molecule has 0 amide bonds. The Hall–Kier alpha value is -0.0800. The quantitative estimate of drug-likeness (QED) is 0.693. The fourth-order valence-electron chi connectivity index (χ4n) is 3.32. The molecule has 2 heteroatoms. The minimum atomic E-state index is 0.381. The molecule has 0 aromatic carbocycles. The number of aliphatic hydroxyl groups excluding tert-OH is 1. The maximum atomic E-state index is 9.33. The Balaban J connectivity index is 2.00. The van der Waals surface area contributed by atoms with Crippen LogP contribution in [0.2, 0.25) is 0 Å². The molecule has 2 bridgehead atoms. The molecule has 2 fully saturated rings.